The van der Waals surface area contributed by atoms with Gasteiger partial charge in [-0.05, 0) is 46.1 Å². The Labute approximate surface area is 101 Å². The summed E-state index contributed by atoms with van der Waals surface area (Å²) < 4.78 is 0. The van der Waals surface area contributed by atoms with E-state index in [4.69, 9.17) is 5.11 Å². The first kappa shape index (κ1) is 13.4. The molecule has 0 saturated carbocycles. The van der Waals surface area contributed by atoms with E-state index in [1.165, 1.54) is 6.07 Å². The molecule has 0 bridgehead atoms. The Morgan fingerprint density at radius 1 is 1.47 bits per heavy atom. The highest BCUT2D eigenvalue weighted by molar-refractivity contribution is 5.85. The average molecular weight is 238 g/mol. The number of hydrogen-bond acceptors (Lipinski definition) is 5. The van der Waals surface area contributed by atoms with Crippen LogP contribution in [0.2, 0.25) is 0 Å². The lowest BCUT2D eigenvalue weighted by Gasteiger charge is -2.16. The molecule has 1 unspecified atom stereocenters. The van der Waals surface area contributed by atoms with Crippen LogP contribution in [0.3, 0.4) is 0 Å². The van der Waals surface area contributed by atoms with E-state index in [9.17, 15) is 4.79 Å². The Balaban J connectivity index is 2.48. The van der Waals surface area contributed by atoms with Crippen molar-refractivity contribution >= 4 is 11.8 Å². The fraction of sp³-hybridized carbons (Fsp3) is 0.545. The Morgan fingerprint density at radius 3 is 2.65 bits per heavy atom. The summed E-state index contributed by atoms with van der Waals surface area (Å²) in [5.41, 5.74) is -0.0449. The minimum atomic E-state index is -1.07. The summed E-state index contributed by atoms with van der Waals surface area (Å²) in [4.78, 5) is 12.7. The van der Waals surface area contributed by atoms with Crippen LogP contribution < -0.4 is 5.32 Å². The van der Waals surface area contributed by atoms with Crippen molar-refractivity contribution in [3.63, 3.8) is 0 Å². The van der Waals surface area contributed by atoms with Gasteiger partial charge in [-0.2, -0.15) is 0 Å². The van der Waals surface area contributed by atoms with Crippen molar-refractivity contribution in [3.05, 3.63) is 17.8 Å². The predicted octanol–water partition coefficient (Wildman–Crippen LogP) is 0.927. The van der Waals surface area contributed by atoms with Crippen LogP contribution in [0.5, 0.6) is 0 Å². The van der Waals surface area contributed by atoms with E-state index in [1.807, 2.05) is 14.1 Å². The lowest BCUT2D eigenvalue weighted by Crippen LogP contribution is -2.23. The molecule has 0 aromatic carbocycles. The second-order valence-electron chi connectivity index (χ2n) is 4.25. The molecule has 1 rings (SSSR count). The first-order valence-electron chi connectivity index (χ1n) is 5.47. The molecule has 0 spiro atoms. The molecule has 6 heteroatoms. The number of carbonyl (C=O) groups is 1. The second kappa shape index (κ2) is 6.15. The summed E-state index contributed by atoms with van der Waals surface area (Å²) in [6.07, 6.45) is 0.982. The topological polar surface area (TPSA) is 78.4 Å². The summed E-state index contributed by atoms with van der Waals surface area (Å²) in [7, 11) is 4.04. The largest absolute Gasteiger partial charge is 0.476 e. The number of anilines is 1. The monoisotopic (exact) mass is 238 g/mol. The van der Waals surface area contributed by atoms with E-state index in [0.29, 0.717) is 5.82 Å². The molecule has 1 aromatic heterocycles. The molecule has 0 aliphatic heterocycles. The fourth-order valence-corrected chi connectivity index (χ4v) is 1.30. The van der Waals surface area contributed by atoms with Gasteiger partial charge in [0.05, 0.1) is 0 Å². The van der Waals surface area contributed by atoms with Gasteiger partial charge in [-0.15, -0.1) is 10.2 Å². The molecule has 0 saturated heterocycles. The second-order valence-corrected chi connectivity index (χ2v) is 4.25. The molecule has 0 fully saturated rings. The van der Waals surface area contributed by atoms with E-state index in [2.05, 4.69) is 27.3 Å². The van der Waals surface area contributed by atoms with Crippen molar-refractivity contribution in [1.82, 2.24) is 15.1 Å². The Bertz CT molecular complexity index is 364. The molecule has 1 heterocycles. The molecule has 6 nitrogen and oxygen atoms in total. The number of rotatable bonds is 6. The van der Waals surface area contributed by atoms with Crippen molar-refractivity contribution in [1.29, 1.82) is 0 Å². The summed E-state index contributed by atoms with van der Waals surface area (Å²) >= 11 is 0. The van der Waals surface area contributed by atoms with Crippen LogP contribution in [-0.2, 0) is 0 Å². The van der Waals surface area contributed by atoms with Gasteiger partial charge in [0.2, 0.25) is 0 Å². The first-order valence-corrected chi connectivity index (χ1v) is 5.47. The Kier molecular flexibility index (Phi) is 4.84. The van der Waals surface area contributed by atoms with Gasteiger partial charge < -0.3 is 15.3 Å². The standard InChI is InChI=1S/C11H18N4O2/c1-8(6-7-15(2)3)12-10-5-4-9(11(16)17)13-14-10/h4-5,8H,6-7H2,1-3H3,(H,12,14)(H,16,17). The Morgan fingerprint density at radius 2 is 2.18 bits per heavy atom. The van der Waals surface area contributed by atoms with Crippen molar-refractivity contribution in [2.75, 3.05) is 26.0 Å². The smallest absolute Gasteiger partial charge is 0.356 e. The maximum atomic E-state index is 10.6. The molecule has 2 N–H and O–H groups in total. The molecule has 0 radical (unpaired) electrons. The van der Waals surface area contributed by atoms with Crippen molar-refractivity contribution < 1.29 is 9.90 Å². The lowest BCUT2D eigenvalue weighted by molar-refractivity contribution is 0.0689. The van der Waals surface area contributed by atoms with Crippen LogP contribution in [0, 0.1) is 0 Å². The van der Waals surface area contributed by atoms with E-state index in [-0.39, 0.29) is 11.7 Å². The third kappa shape index (κ3) is 4.78. The number of carboxylic acid groups (broad SMARTS) is 1. The predicted molar refractivity (Wildman–Crippen MR) is 65.2 cm³/mol. The molecule has 0 aliphatic rings. The van der Waals surface area contributed by atoms with E-state index in [1.54, 1.807) is 6.07 Å². The highest BCUT2D eigenvalue weighted by atomic mass is 16.4. The van der Waals surface area contributed by atoms with Crippen LogP contribution >= 0.6 is 0 Å². The molecular formula is C11H18N4O2. The van der Waals surface area contributed by atoms with Gasteiger partial charge in [0.15, 0.2) is 5.69 Å². The third-order valence-corrected chi connectivity index (χ3v) is 2.29. The van der Waals surface area contributed by atoms with Gasteiger partial charge >= 0.3 is 5.97 Å². The lowest BCUT2D eigenvalue weighted by atomic mass is 10.2. The van der Waals surface area contributed by atoms with Crippen molar-refractivity contribution in [2.45, 2.75) is 19.4 Å². The normalized spacial score (nSPS) is 12.5. The van der Waals surface area contributed by atoms with Crippen molar-refractivity contribution in [2.24, 2.45) is 0 Å². The summed E-state index contributed by atoms with van der Waals surface area (Å²) in [6, 6.07) is 3.33. The van der Waals surface area contributed by atoms with E-state index >= 15 is 0 Å². The summed E-state index contributed by atoms with van der Waals surface area (Å²) in [6.45, 7) is 3.03. The number of aromatic nitrogens is 2. The molecule has 1 aromatic rings. The highest BCUT2D eigenvalue weighted by Crippen LogP contribution is 2.06. The zero-order valence-corrected chi connectivity index (χ0v) is 10.3. The summed E-state index contributed by atoms with van der Waals surface area (Å²) in [5, 5.41) is 19.3. The maximum absolute atomic E-state index is 10.6. The van der Waals surface area contributed by atoms with Gasteiger partial charge in [-0.25, -0.2) is 4.79 Å². The maximum Gasteiger partial charge on any atom is 0.356 e. The van der Waals surface area contributed by atoms with Gasteiger partial charge in [-0.1, -0.05) is 0 Å². The molecule has 0 amide bonds. The number of aromatic carboxylic acids is 1. The molecule has 1 atom stereocenters. The number of nitrogens with zero attached hydrogens (tertiary/aromatic N) is 3. The summed E-state index contributed by atoms with van der Waals surface area (Å²) in [5.74, 6) is -0.467. The number of nitrogens with one attached hydrogen (secondary N) is 1. The van der Waals surface area contributed by atoms with Gasteiger partial charge in [0.25, 0.3) is 0 Å². The van der Waals surface area contributed by atoms with Gasteiger partial charge in [0, 0.05) is 6.04 Å². The third-order valence-electron chi connectivity index (χ3n) is 2.29. The highest BCUT2D eigenvalue weighted by Gasteiger charge is 2.07. The minimum absolute atomic E-state index is 0.0449. The van der Waals surface area contributed by atoms with Crippen LogP contribution in [0.25, 0.3) is 0 Å². The van der Waals surface area contributed by atoms with Crippen LogP contribution in [0.15, 0.2) is 12.1 Å². The van der Waals surface area contributed by atoms with E-state index in [0.717, 1.165) is 13.0 Å². The van der Waals surface area contributed by atoms with Crippen LogP contribution in [0.1, 0.15) is 23.8 Å². The molecule has 94 valence electrons. The van der Waals surface area contributed by atoms with Gasteiger partial charge in [-0.3, -0.25) is 0 Å². The zero-order valence-electron chi connectivity index (χ0n) is 10.3. The quantitative estimate of drug-likeness (QED) is 0.767. The SMILES string of the molecule is CC(CCN(C)C)Nc1ccc(C(=O)O)nn1. The minimum Gasteiger partial charge on any atom is -0.476 e. The fourth-order valence-electron chi connectivity index (χ4n) is 1.30. The van der Waals surface area contributed by atoms with Gasteiger partial charge in [0.1, 0.15) is 5.82 Å². The average Bonchev–Trinajstić information content (AvgIpc) is 2.27. The number of hydrogen-bond donors (Lipinski definition) is 2. The number of carboxylic acids is 1. The first-order chi connectivity index (χ1) is 7.99. The van der Waals surface area contributed by atoms with Crippen LogP contribution in [-0.4, -0.2) is 52.9 Å². The molecule has 0 aliphatic carbocycles. The molecule has 17 heavy (non-hydrogen) atoms. The molecular weight excluding hydrogens is 220 g/mol. The van der Waals surface area contributed by atoms with Crippen LogP contribution in [0.4, 0.5) is 5.82 Å². The van der Waals surface area contributed by atoms with Crippen molar-refractivity contribution in [3.8, 4) is 0 Å². The van der Waals surface area contributed by atoms with E-state index < -0.39 is 5.97 Å². The Hall–Kier alpha value is -1.69. The zero-order chi connectivity index (χ0) is 12.8.